The normalized spacial score (nSPS) is 15.2. The smallest absolute Gasteiger partial charge is 0.407 e. The Bertz CT molecular complexity index is 590. The number of ether oxygens (including phenoxy) is 1. The molecule has 1 aromatic heterocycles. The monoisotopic (exact) mass is 334 g/mol. The molecule has 0 bridgehead atoms. The van der Waals surface area contributed by atoms with E-state index in [4.69, 9.17) is 4.74 Å². The molecule has 1 aromatic rings. The minimum absolute atomic E-state index is 0.382. The van der Waals surface area contributed by atoms with Crippen molar-refractivity contribution in [3.8, 4) is 0 Å². The minimum atomic E-state index is -0.509. The van der Waals surface area contributed by atoms with E-state index in [9.17, 15) is 9.59 Å². The van der Waals surface area contributed by atoms with Gasteiger partial charge in [0.25, 0.3) is 0 Å². The van der Waals surface area contributed by atoms with Crippen molar-refractivity contribution in [2.45, 2.75) is 39.8 Å². The lowest BCUT2D eigenvalue weighted by molar-refractivity contribution is -0.118. The number of aromatic nitrogens is 1. The number of nitrogens with one attached hydrogen (secondary N) is 1. The first-order valence-corrected chi connectivity index (χ1v) is 8.16. The van der Waals surface area contributed by atoms with Crippen molar-refractivity contribution in [1.29, 1.82) is 0 Å². The van der Waals surface area contributed by atoms with Crippen LogP contribution in [0.5, 0.6) is 0 Å². The standard InChI is InChI=1S/C17H26N4O3/c1-13-14(11-18-16(23)24-17(2,3)4)5-6-15(19-13)21-9-7-20(12-22)8-10-21/h5-6,12H,7-11H2,1-4H3,(H,18,23). The Hall–Kier alpha value is -2.31. The number of amides is 2. The van der Waals surface area contributed by atoms with E-state index in [0.717, 1.165) is 36.6 Å². The zero-order chi connectivity index (χ0) is 17.7. The molecule has 0 radical (unpaired) electrons. The Morgan fingerprint density at radius 1 is 1.29 bits per heavy atom. The van der Waals surface area contributed by atoms with Gasteiger partial charge in [-0.3, -0.25) is 4.79 Å². The molecule has 0 saturated carbocycles. The number of alkyl carbamates (subject to hydrolysis) is 1. The van der Waals surface area contributed by atoms with Crippen LogP contribution in [0.2, 0.25) is 0 Å². The summed E-state index contributed by atoms with van der Waals surface area (Å²) in [6, 6.07) is 3.93. The third-order valence-corrected chi connectivity index (χ3v) is 3.79. The van der Waals surface area contributed by atoms with E-state index >= 15 is 0 Å². The molecule has 1 aliphatic rings. The van der Waals surface area contributed by atoms with Gasteiger partial charge in [0.1, 0.15) is 11.4 Å². The number of pyridine rings is 1. The van der Waals surface area contributed by atoms with Gasteiger partial charge in [-0.25, -0.2) is 9.78 Å². The van der Waals surface area contributed by atoms with Crippen molar-refractivity contribution < 1.29 is 14.3 Å². The zero-order valence-electron chi connectivity index (χ0n) is 14.8. The summed E-state index contributed by atoms with van der Waals surface area (Å²) in [5.41, 5.74) is 1.32. The van der Waals surface area contributed by atoms with Crippen LogP contribution in [0.1, 0.15) is 32.0 Å². The number of nitrogens with zero attached hydrogens (tertiary/aromatic N) is 3. The van der Waals surface area contributed by atoms with Crippen LogP contribution in [-0.4, -0.2) is 54.2 Å². The van der Waals surface area contributed by atoms with Crippen molar-refractivity contribution in [2.24, 2.45) is 0 Å². The summed E-state index contributed by atoms with van der Waals surface area (Å²) < 4.78 is 5.23. The second-order valence-corrected chi connectivity index (χ2v) is 6.90. The fourth-order valence-electron chi connectivity index (χ4n) is 2.48. The molecule has 132 valence electrons. The summed E-state index contributed by atoms with van der Waals surface area (Å²) in [5, 5.41) is 2.75. The molecule has 1 fully saturated rings. The second kappa shape index (κ2) is 7.51. The van der Waals surface area contributed by atoms with Crippen LogP contribution >= 0.6 is 0 Å². The van der Waals surface area contributed by atoms with Crippen LogP contribution in [0.3, 0.4) is 0 Å². The topological polar surface area (TPSA) is 74.8 Å². The third kappa shape index (κ3) is 5.11. The number of piperazine rings is 1. The van der Waals surface area contributed by atoms with Crippen LogP contribution in [0.25, 0.3) is 0 Å². The Labute approximate surface area is 143 Å². The Morgan fingerprint density at radius 2 is 1.96 bits per heavy atom. The van der Waals surface area contributed by atoms with Gasteiger partial charge in [-0.1, -0.05) is 6.07 Å². The third-order valence-electron chi connectivity index (χ3n) is 3.79. The van der Waals surface area contributed by atoms with Gasteiger partial charge in [0.05, 0.1) is 0 Å². The van der Waals surface area contributed by atoms with E-state index in [1.807, 2.05) is 39.8 Å². The Kier molecular flexibility index (Phi) is 5.64. The molecule has 2 rings (SSSR count). The fourth-order valence-corrected chi connectivity index (χ4v) is 2.48. The van der Waals surface area contributed by atoms with Gasteiger partial charge in [-0.05, 0) is 39.3 Å². The van der Waals surface area contributed by atoms with Crippen molar-refractivity contribution >= 4 is 18.3 Å². The number of carbonyl (C=O) groups excluding carboxylic acids is 2. The number of aryl methyl sites for hydroxylation is 1. The molecule has 24 heavy (non-hydrogen) atoms. The van der Waals surface area contributed by atoms with E-state index in [1.54, 1.807) is 4.90 Å². The first-order chi connectivity index (χ1) is 11.3. The second-order valence-electron chi connectivity index (χ2n) is 6.90. The number of hydrogen-bond acceptors (Lipinski definition) is 5. The molecule has 2 heterocycles. The minimum Gasteiger partial charge on any atom is -0.444 e. The molecule has 0 aliphatic carbocycles. The highest BCUT2D eigenvalue weighted by molar-refractivity contribution is 5.67. The molecule has 0 spiro atoms. The molecule has 0 atom stereocenters. The van der Waals surface area contributed by atoms with E-state index in [0.29, 0.717) is 19.6 Å². The van der Waals surface area contributed by atoms with Crippen LogP contribution in [0.15, 0.2) is 12.1 Å². The Balaban J connectivity index is 1.92. The first-order valence-electron chi connectivity index (χ1n) is 8.16. The molecule has 2 amide bonds. The fraction of sp³-hybridized carbons (Fsp3) is 0.588. The molecule has 0 aromatic carbocycles. The highest BCUT2D eigenvalue weighted by atomic mass is 16.6. The maximum absolute atomic E-state index is 11.7. The van der Waals surface area contributed by atoms with Gasteiger partial charge >= 0.3 is 6.09 Å². The van der Waals surface area contributed by atoms with E-state index in [1.165, 1.54) is 0 Å². The Morgan fingerprint density at radius 3 is 2.50 bits per heavy atom. The van der Waals surface area contributed by atoms with Gasteiger partial charge < -0.3 is 19.9 Å². The quantitative estimate of drug-likeness (QED) is 0.848. The lowest BCUT2D eigenvalue weighted by Gasteiger charge is -2.33. The summed E-state index contributed by atoms with van der Waals surface area (Å²) in [6.45, 7) is 10.8. The van der Waals surface area contributed by atoms with Crippen molar-refractivity contribution in [2.75, 3.05) is 31.1 Å². The van der Waals surface area contributed by atoms with Crippen molar-refractivity contribution in [3.05, 3.63) is 23.4 Å². The molecule has 1 aliphatic heterocycles. The molecule has 7 heteroatoms. The van der Waals surface area contributed by atoms with Gasteiger partial charge in [0.2, 0.25) is 6.41 Å². The predicted molar refractivity (Wildman–Crippen MR) is 91.9 cm³/mol. The average Bonchev–Trinajstić information content (AvgIpc) is 2.52. The molecular formula is C17H26N4O3. The van der Waals surface area contributed by atoms with Gasteiger partial charge in [0, 0.05) is 38.4 Å². The average molecular weight is 334 g/mol. The zero-order valence-corrected chi connectivity index (χ0v) is 14.8. The number of anilines is 1. The molecule has 1 N–H and O–H groups in total. The maximum atomic E-state index is 11.7. The summed E-state index contributed by atoms with van der Waals surface area (Å²) in [7, 11) is 0. The lowest BCUT2D eigenvalue weighted by atomic mass is 10.2. The summed E-state index contributed by atoms with van der Waals surface area (Å²) in [4.78, 5) is 31.0. The number of carbonyl (C=O) groups is 2. The van der Waals surface area contributed by atoms with Crippen LogP contribution in [-0.2, 0) is 16.1 Å². The maximum Gasteiger partial charge on any atom is 0.407 e. The van der Waals surface area contributed by atoms with E-state index < -0.39 is 11.7 Å². The SMILES string of the molecule is Cc1nc(N2CCN(C=O)CC2)ccc1CNC(=O)OC(C)(C)C. The predicted octanol–water partition coefficient (Wildman–Crippen LogP) is 1.69. The summed E-state index contributed by atoms with van der Waals surface area (Å²) in [6.07, 6.45) is 0.456. The number of rotatable bonds is 4. The van der Waals surface area contributed by atoms with Crippen molar-refractivity contribution in [3.63, 3.8) is 0 Å². The largest absolute Gasteiger partial charge is 0.444 e. The van der Waals surface area contributed by atoms with Crippen LogP contribution in [0.4, 0.5) is 10.6 Å². The van der Waals surface area contributed by atoms with Gasteiger partial charge in [-0.2, -0.15) is 0 Å². The molecule has 7 nitrogen and oxygen atoms in total. The van der Waals surface area contributed by atoms with Crippen molar-refractivity contribution in [1.82, 2.24) is 15.2 Å². The van der Waals surface area contributed by atoms with E-state index in [-0.39, 0.29) is 0 Å². The summed E-state index contributed by atoms with van der Waals surface area (Å²) >= 11 is 0. The highest BCUT2D eigenvalue weighted by Crippen LogP contribution is 2.17. The number of hydrogen-bond donors (Lipinski definition) is 1. The van der Waals surface area contributed by atoms with E-state index in [2.05, 4.69) is 15.2 Å². The van der Waals surface area contributed by atoms with Crippen LogP contribution in [0, 0.1) is 6.92 Å². The summed E-state index contributed by atoms with van der Waals surface area (Å²) in [5.74, 6) is 0.902. The van der Waals surface area contributed by atoms with Crippen LogP contribution < -0.4 is 10.2 Å². The van der Waals surface area contributed by atoms with Gasteiger partial charge in [0.15, 0.2) is 0 Å². The molecule has 1 saturated heterocycles. The first kappa shape index (κ1) is 18.0. The van der Waals surface area contributed by atoms with Gasteiger partial charge in [-0.15, -0.1) is 0 Å². The molecule has 0 unspecified atom stereocenters. The molecular weight excluding hydrogens is 308 g/mol. The highest BCUT2D eigenvalue weighted by Gasteiger charge is 2.18. The lowest BCUT2D eigenvalue weighted by Crippen LogP contribution is -2.46.